The topological polar surface area (TPSA) is 46.2 Å². The number of nitrogens with one attached hydrogen (secondary N) is 1. The fourth-order valence-electron chi connectivity index (χ4n) is 1.32. The van der Waals surface area contributed by atoms with Crippen LogP contribution < -0.4 is 5.32 Å². The zero-order valence-corrected chi connectivity index (χ0v) is 7.76. The Kier molecular flexibility index (Phi) is 2.24. The van der Waals surface area contributed by atoms with Crippen molar-refractivity contribution < 1.29 is 9.00 Å². The summed E-state index contributed by atoms with van der Waals surface area (Å²) in [7, 11) is -1.48. The molecule has 1 aromatic carbocycles. The van der Waals surface area contributed by atoms with Crippen LogP contribution in [0.3, 0.4) is 0 Å². The Balaban J connectivity index is 2.52. The van der Waals surface area contributed by atoms with E-state index in [-0.39, 0.29) is 11.7 Å². The van der Waals surface area contributed by atoms with Gasteiger partial charge in [-0.1, -0.05) is 18.2 Å². The predicted molar refractivity (Wildman–Crippen MR) is 49.6 cm³/mol. The van der Waals surface area contributed by atoms with E-state index in [2.05, 4.69) is 5.32 Å². The zero-order valence-electron chi connectivity index (χ0n) is 6.95. The molecule has 0 spiro atoms. The zero-order chi connectivity index (χ0) is 9.26. The van der Waals surface area contributed by atoms with E-state index in [1.807, 2.05) is 12.1 Å². The molecule has 1 atom stereocenters. The highest BCUT2D eigenvalue weighted by Crippen LogP contribution is 2.16. The van der Waals surface area contributed by atoms with Crippen LogP contribution in [0.2, 0.25) is 0 Å². The van der Waals surface area contributed by atoms with Gasteiger partial charge in [-0.2, -0.15) is 0 Å². The van der Waals surface area contributed by atoms with E-state index in [0.29, 0.717) is 11.4 Å². The molecule has 0 fully saturated rings. The van der Waals surface area contributed by atoms with Gasteiger partial charge in [0, 0.05) is 6.54 Å². The molecule has 0 saturated heterocycles. The summed E-state index contributed by atoms with van der Waals surface area (Å²) in [5, 5.41) is 2.70. The molecule has 1 unspecified atom stereocenters. The summed E-state index contributed by atoms with van der Waals surface area (Å²) >= 11 is 0. The average molecular weight is 195 g/mol. The van der Waals surface area contributed by atoms with Crippen LogP contribution in [0.1, 0.15) is 5.56 Å². The van der Waals surface area contributed by atoms with Crippen molar-refractivity contribution in [2.24, 2.45) is 0 Å². The molecule has 0 aromatic heterocycles. The van der Waals surface area contributed by atoms with Gasteiger partial charge < -0.3 is 5.32 Å². The second-order valence-electron chi connectivity index (χ2n) is 2.85. The van der Waals surface area contributed by atoms with E-state index in [1.165, 1.54) is 0 Å². The lowest BCUT2D eigenvalue weighted by Gasteiger charge is -2.01. The smallest absolute Gasteiger partial charge is 0.237 e. The molecule has 0 radical (unpaired) electrons. The van der Waals surface area contributed by atoms with Crippen molar-refractivity contribution in [2.45, 2.75) is 11.4 Å². The quantitative estimate of drug-likeness (QED) is 0.652. The molecule has 3 nitrogen and oxygen atoms in total. The molecule has 0 bridgehead atoms. The molecule has 0 aliphatic carbocycles. The van der Waals surface area contributed by atoms with E-state index in [1.54, 1.807) is 12.1 Å². The highest BCUT2D eigenvalue weighted by molar-refractivity contribution is 8.00. The summed E-state index contributed by atoms with van der Waals surface area (Å²) in [6.07, 6.45) is 0. The van der Waals surface area contributed by atoms with Crippen molar-refractivity contribution in [3.8, 4) is 0 Å². The van der Waals surface area contributed by atoms with Gasteiger partial charge in [-0.3, -0.25) is 4.79 Å². The lowest BCUT2D eigenvalue weighted by molar-refractivity contribution is -0.110. The third kappa shape index (κ3) is 1.55. The van der Waals surface area contributed by atoms with Crippen molar-refractivity contribution in [1.29, 1.82) is 0 Å². The monoisotopic (exact) mass is 195 g/mol. The Labute approximate surface area is 78.6 Å². The van der Waals surface area contributed by atoms with Crippen LogP contribution in [-0.4, -0.2) is 15.9 Å². The van der Waals surface area contributed by atoms with Crippen molar-refractivity contribution in [2.75, 3.05) is 6.54 Å². The van der Waals surface area contributed by atoms with E-state index in [4.69, 9.17) is 0 Å². The van der Waals surface area contributed by atoms with Crippen LogP contribution in [0.5, 0.6) is 0 Å². The first kappa shape index (κ1) is 8.59. The summed E-state index contributed by atoms with van der Waals surface area (Å²) < 4.78 is 11.6. The molecule has 1 heterocycles. The second kappa shape index (κ2) is 3.40. The highest BCUT2D eigenvalue weighted by atomic mass is 32.2. The molecular weight excluding hydrogens is 186 g/mol. The van der Waals surface area contributed by atoms with Crippen LogP contribution in [0.4, 0.5) is 0 Å². The molecule has 1 aliphatic rings. The Morgan fingerprint density at radius 2 is 2.00 bits per heavy atom. The van der Waals surface area contributed by atoms with Crippen LogP contribution in [0.15, 0.2) is 29.2 Å². The second-order valence-corrected chi connectivity index (χ2v) is 4.28. The largest absolute Gasteiger partial charge is 0.305 e. The Morgan fingerprint density at radius 1 is 1.23 bits per heavy atom. The van der Waals surface area contributed by atoms with Crippen LogP contribution in [-0.2, 0) is 22.1 Å². The van der Waals surface area contributed by atoms with Gasteiger partial charge in [-0.25, -0.2) is 4.21 Å². The maximum Gasteiger partial charge on any atom is 0.237 e. The SMILES string of the molecule is O=C1CNCc2ccccc2S1=O. The number of hydrogen-bond acceptors (Lipinski definition) is 3. The van der Waals surface area contributed by atoms with Crippen molar-refractivity contribution in [3.05, 3.63) is 29.8 Å². The number of benzene rings is 1. The van der Waals surface area contributed by atoms with Gasteiger partial charge in [0.1, 0.15) is 10.8 Å². The summed E-state index contributed by atoms with van der Waals surface area (Å²) in [5.74, 6) is 0. The van der Waals surface area contributed by atoms with Gasteiger partial charge in [0.2, 0.25) is 5.12 Å². The Morgan fingerprint density at radius 3 is 2.85 bits per heavy atom. The van der Waals surface area contributed by atoms with E-state index >= 15 is 0 Å². The Hall–Kier alpha value is -1.00. The van der Waals surface area contributed by atoms with Gasteiger partial charge in [0.25, 0.3) is 0 Å². The van der Waals surface area contributed by atoms with E-state index in [9.17, 15) is 9.00 Å². The first-order valence-corrected chi connectivity index (χ1v) is 5.17. The normalized spacial score (nSPS) is 22.2. The lowest BCUT2D eigenvalue weighted by Crippen LogP contribution is -2.21. The van der Waals surface area contributed by atoms with Gasteiger partial charge in [-0.15, -0.1) is 0 Å². The van der Waals surface area contributed by atoms with Crippen LogP contribution in [0, 0.1) is 0 Å². The minimum Gasteiger partial charge on any atom is -0.305 e. The summed E-state index contributed by atoms with van der Waals surface area (Å²) in [6, 6.07) is 7.32. The minimum atomic E-state index is -1.48. The molecule has 4 heteroatoms. The fourth-order valence-corrected chi connectivity index (χ4v) is 2.38. The highest BCUT2D eigenvalue weighted by Gasteiger charge is 2.20. The first-order chi connectivity index (χ1) is 6.29. The maximum absolute atomic E-state index is 11.6. The molecule has 1 N–H and O–H groups in total. The third-order valence-corrected chi connectivity index (χ3v) is 3.32. The maximum atomic E-state index is 11.6. The molecule has 1 aliphatic heterocycles. The molecule has 68 valence electrons. The summed E-state index contributed by atoms with van der Waals surface area (Å²) in [4.78, 5) is 11.9. The van der Waals surface area contributed by atoms with Gasteiger partial charge >= 0.3 is 0 Å². The standard InChI is InChI=1S/C9H9NO2S/c11-9-6-10-5-7-3-1-2-4-8(7)13(9)12/h1-4,10H,5-6H2. The average Bonchev–Trinajstić information content (AvgIpc) is 2.29. The van der Waals surface area contributed by atoms with Crippen molar-refractivity contribution >= 4 is 15.9 Å². The van der Waals surface area contributed by atoms with E-state index < -0.39 is 10.8 Å². The van der Waals surface area contributed by atoms with Crippen molar-refractivity contribution in [3.63, 3.8) is 0 Å². The number of rotatable bonds is 0. The number of fused-ring (bicyclic) bond motifs is 1. The molecule has 0 amide bonds. The summed E-state index contributed by atoms with van der Waals surface area (Å²) in [6.45, 7) is 0.814. The minimum absolute atomic E-state index is 0.196. The molecule has 13 heavy (non-hydrogen) atoms. The fraction of sp³-hybridized carbons (Fsp3) is 0.222. The summed E-state index contributed by atoms with van der Waals surface area (Å²) in [5.41, 5.74) is 0.951. The molecule has 0 saturated carbocycles. The molecule has 1 aromatic rings. The van der Waals surface area contributed by atoms with Crippen molar-refractivity contribution in [1.82, 2.24) is 5.32 Å². The van der Waals surface area contributed by atoms with Crippen LogP contribution in [0.25, 0.3) is 0 Å². The molecular formula is C9H9NO2S. The molecule has 2 rings (SSSR count). The predicted octanol–water partition coefficient (Wildman–Crippen LogP) is 0.424. The third-order valence-electron chi connectivity index (χ3n) is 1.96. The number of carbonyl (C=O) groups excluding carboxylic acids is 1. The van der Waals surface area contributed by atoms with Gasteiger partial charge in [-0.05, 0) is 11.6 Å². The van der Waals surface area contributed by atoms with Gasteiger partial charge in [0.15, 0.2) is 0 Å². The van der Waals surface area contributed by atoms with Crippen LogP contribution >= 0.6 is 0 Å². The lowest BCUT2D eigenvalue weighted by atomic mass is 10.2. The van der Waals surface area contributed by atoms with Gasteiger partial charge in [0.05, 0.1) is 11.4 Å². The number of hydrogen-bond donors (Lipinski definition) is 1. The van der Waals surface area contributed by atoms with E-state index in [0.717, 1.165) is 5.56 Å². The first-order valence-electron chi connectivity index (χ1n) is 4.02. The Bertz CT molecular complexity index is 376. The number of carbonyl (C=O) groups is 1.